The van der Waals surface area contributed by atoms with Crippen LogP contribution in [0.1, 0.15) is 101 Å². The number of allylic oxidation sites excluding steroid dienone is 1. The summed E-state index contributed by atoms with van der Waals surface area (Å²) in [5.41, 5.74) is 10.0. The van der Waals surface area contributed by atoms with E-state index in [2.05, 4.69) is 96.8 Å². The van der Waals surface area contributed by atoms with Gasteiger partial charge in [-0.1, -0.05) is 90.1 Å². The number of carbonyl (C=O) groups is 2. The molecule has 0 atom stereocenters. The van der Waals surface area contributed by atoms with E-state index in [1.807, 2.05) is 42.5 Å². The second-order valence-electron chi connectivity index (χ2n) is 13.4. The lowest BCUT2D eigenvalue weighted by atomic mass is 9.73. The summed E-state index contributed by atoms with van der Waals surface area (Å²) in [6, 6.07) is 27.4. The third-order valence-corrected chi connectivity index (χ3v) is 10.7. The third-order valence-electron chi connectivity index (χ3n) is 9.55. The Labute approximate surface area is 264 Å². The monoisotopic (exact) mass is 593 g/mol. The van der Waals surface area contributed by atoms with E-state index in [9.17, 15) is 9.59 Å². The maximum absolute atomic E-state index is 13.5. The van der Waals surface area contributed by atoms with Crippen LogP contribution in [0.25, 0.3) is 28.0 Å². The van der Waals surface area contributed by atoms with Gasteiger partial charge in [-0.05, 0) is 92.4 Å². The molecular weight excluding hydrogens is 557 g/mol. The van der Waals surface area contributed by atoms with E-state index in [-0.39, 0.29) is 22.6 Å². The summed E-state index contributed by atoms with van der Waals surface area (Å²) in [6.45, 7) is 13.7. The highest BCUT2D eigenvalue weighted by Crippen LogP contribution is 2.53. The molecule has 0 spiro atoms. The summed E-state index contributed by atoms with van der Waals surface area (Å²) in [5.74, 6) is 0.458. The molecule has 0 fully saturated rings. The van der Waals surface area contributed by atoms with Crippen molar-refractivity contribution in [1.29, 1.82) is 0 Å². The number of carbonyl (C=O) groups excluding carboxylic acids is 2. The fraction of sp³-hybridized carbons (Fsp3) is 0.231. The van der Waals surface area contributed by atoms with Crippen LogP contribution in [-0.4, -0.2) is 19.5 Å². The maximum atomic E-state index is 13.5. The number of nitrogens with zero attached hydrogens (tertiary/aromatic N) is 1. The number of ketones is 2. The smallest absolute Gasteiger partial charge is 0.224 e. The van der Waals surface area contributed by atoms with E-state index >= 15 is 0 Å². The van der Waals surface area contributed by atoms with Gasteiger partial charge in [0, 0.05) is 27.1 Å². The van der Waals surface area contributed by atoms with Crippen LogP contribution < -0.4 is 4.81 Å². The molecule has 4 aromatic carbocycles. The number of anilines is 2. The van der Waals surface area contributed by atoms with Crippen molar-refractivity contribution >= 4 is 58.4 Å². The average Bonchev–Trinajstić information content (AvgIpc) is 3.54. The molecule has 1 aliphatic heterocycles. The Kier molecular flexibility index (Phi) is 6.60. The number of thiophene rings is 1. The zero-order valence-electron chi connectivity index (χ0n) is 26.4. The van der Waals surface area contributed by atoms with Gasteiger partial charge >= 0.3 is 0 Å². The van der Waals surface area contributed by atoms with Crippen LogP contribution in [0.5, 0.6) is 0 Å². The Morgan fingerprint density at radius 1 is 0.750 bits per heavy atom. The summed E-state index contributed by atoms with van der Waals surface area (Å²) in [6.07, 6.45) is 1.81. The fourth-order valence-corrected chi connectivity index (χ4v) is 8.31. The molecule has 0 bridgehead atoms. The number of rotatable bonds is 4. The summed E-state index contributed by atoms with van der Waals surface area (Å²) in [4.78, 5) is 30.2. The Morgan fingerprint density at radius 2 is 1.34 bits per heavy atom. The molecule has 0 unspecified atom stereocenters. The summed E-state index contributed by atoms with van der Waals surface area (Å²) in [5, 5.41) is 3.09. The number of hydrogen-bond acceptors (Lipinski definition) is 4. The van der Waals surface area contributed by atoms with Gasteiger partial charge in [0.25, 0.3) is 0 Å². The highest BCUT2D eigenvalue weighted by Gasteiger charge is 2.38. The molecule has 44 heavy (non-hydrogen) atoms. The molecule has 1 aliphatic carbocycles. The molecule has 3 nitrogen and oxygen atoms in total. The van der Waals surface area contributed by atoms with Crippen molar-refractivity contribution in [1.82, 2.24) is 0 Å². The summed E-state index contributed by atoms with van der Waals surface area (Å²) >= 11 is 1.64. The minimum atomic E-state index is -0.268. The van der Waals surface area contributed by atoms with Crippen molar-refractivity contribution in [3.63, 3.8) is 0 Å². The van der Waals surface area contributed by atoms with Crippen molar-refractivity contribution in [2.75, 3.05) is 4.81 Å². The highest BCUT2D eigenvalue weighted by molar-refractivity contribution is 7.17. The third kappa shape index (κ3) is 4.24. The number of fused-ring (bicyclic) bond motifs is 4. The van der Waals surface area contributed by atoms with E-state index in [4.69, 9.17) is 0 Å². The first kappa shape index (κ1) is 28.5. The SMILES string of the molecule is BN1c2ccc(-c3c(C(C)C)cccc3C(C)C)cc2C(C)(C)c2cc(C=C3C(=O)c4cc5ccccc5cc4C3=O)sc21. The van der Waals surface area contributed by atoms with Crippen LogP contribution in [-0.2, 0) is 5.41 Å². The van der Waals surface area contributed by atoms with Crippen LogP contribution in [0.15, 0.2) is 84.4 Å². The van der Waals surface area contributed by atoms with Gasteiger partial charge in [-0.15, -0.1) is 11.3 Å². The van der Waals surface area contributed by atoms with Crippen molar-refractivity contribution in [3.8, 4) is 11.1 Å². The maximum Gasteiger partial charge on any atom is 0.224 e. The van der Waals surface area contributed by atoms with Crippen LogP contribution >= 0.6 is 11.3 Å². The van der Waals surface area contributed by atoms with Gasteiger partial charge in [0.1, 0.15) is 0 Å². The minimum Gasteiger partial charge on any atom is -0.385 e. The molecule has 5 heteroatoms. The number of hydrogen-bond donors (Lipinski definition) is 0. The lowest BCUT2D eigenvalue weighted by Gasteiger charge is -2.39. The van der Waals surface area contributed by atoms with Gasteiger partial charge in [-0.3, -0.25) is 9.59 Å². The van der Waals surface area contributed by atoms with Gasteiger partial charge < -0.3 is 4.81 Å². The number of Topliss-reactive ketones (excluding diaryl/α,β-unsaturated/α-hetero) is 2. The first-order chi connectivity index (χ1) is 21.0. The molecule has 7 rings (SSSR count). The fourth-order valence-electron chi connectivity index (χ4n) is 7.07. The van der Waals surface area contributed by atoms with Crippen molar-refractivity contribution in [3.05, 3.63) is 123 Å². The predicted octanol–water partition coefficient (Wildman–Crippen LogP) is 9.60. The van der Waals surface area contributed by atoms with Gasteiger partial charge in [0.15, 0.2) is 11.6 Å². The Morgan fingerprint density at radius 3 is 1.91 bits per heavy atom. The largest absolute Gasteiger partial charge is 0.385 e. The predicted molar refractivity (Wildman–Crippen MR) is 188 cm³/mol. The zero-order valence-corrected chi connectivity index (χ0v) is 27.2. The van der Waals surface area contributed by atoms with Gasteiger partial charge in [-0.2, -0.15) is 0 Å². The quantitative estimate of drug-likeness (QED) is 0.118. The van der Waals surface area contributed by atoms with Crippen LogP contribution in [0.3, 0.4) is 0 Å². The standard InChI is InChI=1S/C39H36BNO2S/c1-21(2)27-12-9-13-28(22(3)4)35(27)25-14-15-34-32(18-25)39(5,6)33-20-26(44-38(33)41(34)40)19-31-36(42)29-16-23-10-7-8-11-24(23)17-30(29)37(31)43/h7-22H,40H2,1-6H3. The first-order valence-corrected chi connectivity index (χ1v) is 16.3. The lowest BCUT2D eigenvalue weighted by Crippen LogP contribution is -2.30. The molecular formula is C39H36BNO2S. The molecule has 2 aliphatic rings. The Balaban J connectivity index is 1.31. The second-order valence-corrected chi connectivity index (χ2v) is 14.4. The summed E-state index contributed by atoms with van der Waals surface area (Å²) in [7, 11) is 2.12. The topological polar surface area (TPSA) is 37.4 Å². The van der Waals surface area contributed by atoms with E-state index in [1.54, 1.807) is 11.3 Å². The lowest BCUT2D eigenvalue weighted by molar-refractivity contribution is 0.0990. The molecule has 1 aromatic heterocycles. The average molecular weight is 594 g/mol. The normalized spacial score (nSPS) is 15.3. The molecule has 0 amide bonds. The zero-order chi connectivity index (χ0) is 31.1. The van der Waals surface area contributed by atoms with Crippen molar-refractivity contribution < 1.29 is 9.59 Å². The molecule has 0 radical (unpaired) electrons. The molecule has 0 N–H and O–H groups in total. The van der Waals surface area contributed by atoms with Crippen molar-refractivity contribution in [2.45, 2.75) is 58.8 Å². The first-order valence-electron chi connectivity index (χ1n) is 15.5. The van der Waals surface area contributed by atoms with Crippen molar-refractivity contribution in [2.24, 2.45) is 0 Å². The Hall–Kier alpha value is -4.22. The summed E-state index contributed by atoms with van der Waals surface area (Å²) < 4.78 is 0. The van der Waals surface area contributed by atoms with E-state index in [0.29, 0.717) is 23.0 Å². The molecule has 5 aromatic rings. The minimum absolute atomic E-state index is 0.188. The highest BCUT2D eigenvalue weighted by atomic mass is 32.1. The second kappa shape index (κ2) is 10.2. The Bertz CT molecular complexity index is 1980. The number of benzene rings is 4. The van der Waals surface area contributed by atoms with Gasteiger partial charge in [0.05, 0.1) is 10.6 Å². The van der Waals surface area contributed by atoms with Gasteiger partial charge in [-0.25, -0.2) is 0 Å². The van der Waals surface area contributed by atoms with Crippen LogP contribution in [0, 0.1) is 0 Å². The van der Waals surface area contributed by atoms with Crippen LogP contribution in [0.2, 0.25) is 0 Å². The molecule has 2 heterocycles. The van der Waals surface area contributed by atoms with E-state index < -0.39 is 0 Å². The molecule has 0 saturated heterocycles. The van der Waals surface area contributed by atoms with E-state index in [0.717, 1.165) is 20.7 Å². The van der Waals surface area contributed by atoms with Crippen LogP contribution in [0.4, 0.5) is 10.7 Å². The van der Waals surface area contributed by atoms with Gasteiger partial charge in [0.2, 0.25) is 7.98 Å². The molecule has 218 valence electrons. The molecule has 0 saturated carbocycles. The van der Waals surface area contributed by atoms with E-state index in [1.165, 1.54) is 39.1 Å².